The van der Waals surface area contributed by atoms with E-state index < -0.39 is 5.97 Å². The Bertz CT molecular complexity index is 820. The van der Waals surface area contributed by atoms with Crippen molar-refractivity contribution in [2.75, 3.05) is 19.6 Å². The molecular formula is C28H40N2O2. The lowest BCUT2D eigenvalue weighted by Gasteiger charge is -2.48. The van der Waals surface area contributed by atoms with Gasteiger partial charge in [-0.2, -0.15) is 0 Å². The number of carbonyl (C=O) groups is 1. The zero-order valence-corrected chi connectivity index (χ0v) is 20.2. The van der Waals surface area contributed by atoms with E-state index in [1.54, 1.807) is 12.1 Å². The highest BCUT2D eigenvalue weighted by molar-refractivity contribution is 5.87. The van der Waals surface area contributed by atoms with Gasteiger partial charge in [0.2, 0.25) is 0 Å². The summed E-state index contributed by atoms with van der Waals surface area (Å²) >= 11 is 0. The van der Waals surface area contributed by atoms with Gasteiger partial charge in [-0.25, -0.2) is 4.79 Å². The van der Waals surface area contributed by atoms with Crippen molar-refractivity contribution in [3.05, 3.63) is 77.4 Å². The molecule has 1 aliphatic carbocycles. The zero-order chi connectivity index (χ0) is 23.4. The molecule has 1 saturated heterocycles. The van der Waals surface area contributed by atoms with Crippen LogP contribution in [0, 0.1) is 5.41 Å². The van der Waals surface area contributed by atoms with Gasteiger partial charge in [-0.3, -0.25) is 4.90 Å². The molecule has 1 aliphatic heterocycles. The van der Waals surface area contributed by atoms with Crippen molar-refractivity contribution in [2.24, 2.45) is 5.41 Å². The minimum atomic E-state index is -0.862. The molecule has 0 radical (unpaired) electrons. The van der Waals surface area contributed by atoms with E-state index in [2.05, 4.69) is 60.5 Å². The minimum Gasteiger partial charge on any atom is -0.478 e. The second kappa shape index (κ2) is 13.2. The number of likely N-dealkylation sites (tertiary alicyclic amines) is 1. The van der Waals surface area contributed by atoms with Crippen molar-refractivity contribution in [3.63, 3.8) is 0 Å². The zero-order valence-electron chi connectivity index (χ0n) is 20.2. The van der Waals surface area contributed by atoms with Crippen LogP contribution in [0.25, 0.3) is 6.08 Å². The summed E-state index contributed by atoms with van der Waals surface area (Å²) in [6.07, 6.45) is 8.09. The Hall–Kier alpha value is -2.43. The highest BCUT2D eigenvalue weighted by Gasteiger charge is 2.39. The van der Waals surface area contributed by atoms with Gasteiger partial charge in [0.15, 0.2) is 0 Å². The molecule has 0 amide bonds. The third kappa shape index (κ3) is 8.97. The molecule has 0 aromatic heterocycles. The van der Waals surface area contributed by atoms with Crippen molar-refractivity contribution < 1.29 is 9.90 Å². The Labute approximate surface area is 194 Å². The first kappa shape index (κ1) is 25.8. The van der Waals surface area contributed by atoms with Gasteiger partial charge in [0, 0.05) is 37.6 Å². The lowest BCUT2D eigenvalue weighted by atomic mass is 9.81. The van der Waals surface area contributed by atoms with E-state index in [1.807, 2.05) is 32.0 Å². The van der Waals surface area contributed by atoms with E-state index in [0.717, 1.165) is 38.6 Å². The molecule has 2 N–H and O–H groups in total. The Balaban J connectivity index is 0.000000255. The molecule has 2 aliphatic rings. The first-order valence-corrected chi connectivity index (χ1v) is 12.0. The molecule has 4 rings (SSSR count). The molecule has 1 heterocycles. The molecule has 1 saturated carbocycles. The normalized spacial score (nSPS) is 16.9. The van der Waals surface area contributed by atoms with Gasteiger partial charge in [0.25, 0.3) is 0 Å². The maximum absolute atomic E-state index is 10.8. The first-order chi connectivity index (χ1) is 15.5. The molecular weight excluding hydrogens is 396 g/mol. The number of nitrogens with zero attached hydrogens (tertiary/aromatic N) is 1. The fourth-order valence-electron chi connectivity index (χ4n) is 3.76. The summed E-state index contributed by atoms with van der Waals surface area (Å²) in [5.41, 5.74) is 3.23. The number of aromatic carboxylic acids is 1. The van der Waals surface area contributed by atoms with Crippen LogP contribution in [-0.4, -0.2) is 41.7 Å². The van der Waals surface area contributed by atoms with Crippen LogP contribution in [0.2, 0.25) is 0 Å². The Morgan fingerprint density at radius 3 is 2.25 bits per heavy atom. The van der Waals surface area contributed by atoms with Gasteiger partial charge < -0.3 is 10.4 Å². The van der Waals surface area contributed by atoms with Crippen LogP contribution >= 0.6 is 0 Å². The van der Waals surface area contributed by atoms with Gasteiger partial charge >= 0.3 is 5.97 Å². The molecule has 2 aromatic rings. The van der Waals surface area contributed by atoms with Gasteiger partial charge in [-0.1, -0.05) is 82.3 Å². The molecule has 4 nitrogen and oxygen atoms in total. The summed E-state index contributed by atoms with van der Waals surface area (Å²) in [5.74, 6) is -0.862. The van der Waals surface area contributed by atoms with E-state index in [9.17, 15) is 4.79 Å². The Morgan fingerprint density at radius 1 is 1.09 bits per heavy atom. The highest BCUT2D eigenvalue weighted by atomic mass is 16.4. The predicted molar refractivity (Wildman–Crippen MR) is 135 cm³/mol. The number of carboxylic acids is 1. The number of carboxylic acid groups (broad SMARTS) is 1. The topological polar surface area (TPSA) is 52.6 Å². The lowest BCUT2D eigenvalue weighted by Crippen LogP contribution is -2.58. The van der Waals surface area contributed by atoms with Crippen LogP contribution in [0.5, 0.6) is 0 Å². The summed E-state index contributed by atoms with van der Waals surface area (Å²) in [7, 11) is 0. The van der Waals surface area contributed by atoms with E-state index in [4.69, 9.17) is 5.11 Å². The summed E-state index contributed by atoms with van der Waals surface area (Å²) in [5, 5.41) is 12.5. The lowest BCUT2D eigenvalue weighted by molar-refractivity contribution is 0.00948. The smallest absolute Gasteiger partial charge is 0.335 e. The average Bonchev–Trinajstić information content (AvgIpc) is 3.63. The van der Waals surface area contributed by atoms with E-state index in [0.29, 0.717) is 11.0 Å². The molecule has 0 spiro atoms. The third-order valence-corrected chi connectivity index (χ3v) is 5.56. The van der Waals surface area contributed by atoms with Crippen LogP contribution in [0.4, 0.5) is 0 Å². The summed E-state index contributed by atoms with van der Waals surface area (Å²) in [4.78, 5) is 13.2. The maximum atomic E-state index is 10.8. The second-order valence-corrected chi connectivity index (χ2v) is 8.83. The van der Waals surface area contributed by atoms with Crippen LogP contribution < -0.4 is 5.32 Å². The van der Waals surface area contributed by atoms with Crippen molar-refractivity contribution >= 4 is 12.0 Å². The molecule has 0 bridgehead atoms. The number of benzene rings is 2. The summed E-state index contributed by atoms with van der Waals surface area (Å²) in [6, 6.07) is 18.3. The van der Waals surface area contributed by atoms with Crippen LogP contribution in [0.1, 0.15) is 68.4 Å². The number of allylic oxidation sites excluding steroid dienone is 1. The average molecular weight is 437 g/mol. The van der Waals surface area contributed by atoms with E-state index in [-0.39, 0.29) is 0 Å². The van der Waals surface area contributed by atoms with Crippen molar-refractivity contribution in [1.29, 1.82) is 0 Å². The fraction of sp³-hybridized carbons (Fsp3) is 0.464. The maximum Gasteiger partial charge on any atom is 0.335 e. The summed E-state index contributed by atoms with van der Waals surface area (Å²) in [6.45, 7) is 12.7. The van der Waals surface area contributed by atoms with Crippen molar-refractivity contribution in [1.82, 2.24) is 10.2 Å². The van der Waals surface area contributed by atoms with Gasteiger partial charge in [0.1, 0.15) is 0 Å². The SMILES string of the molecule is CC.CC/C=C\c1ccccc1.CC1(CNC2CC2)CN(Cc2ccc(C(=O)O)cc2)C1. The number of hydrogen-bond donors (Lipinski definition) is 2. The monoisotopic (exact) mass is 436 g/mol. The molecule has 32 heavy (non-hydrogen) atoms. The van der Waals surface area contributed by atoms with Crippen molar-refractivity contribution in [2.45, 2.75) is 59.5 Å². The Kier molecular flexibility index (Phi) is 10.6. The van der Waals surface area contributed by atoms with Crippen molar-refractivity contribution in [3.8, 4) is 0 Å². The Morgan fingerprint density at radius 2 is 1.72 bits per heavy atom. The number of nitrogens with one attached hydrogen (secondary N) is 1. The number of hydrogen-bond acceptors (Lipinski definition) is 3. The van der Waals surface area contributed by atoms with Gasteiger partial charge in [-0.05, 0) is 42.5 Å². The minimum absolute atomic E-state index is 0.357. The molecule has 174 valence electrons. The summed E-state index contributed by atoms with van der Waals surface area (Å²) < 4.78 is 0. The van der Waals surface area contributed by atoms with Crippen LogP contribution in [-0.2, 0) is 6.54 Å². The molecule has 0 atom stereocenters. The third-order valence-electron chi connectivity index (χ3n) is 5.56. The van der Waals surface area contributed by atoms with Crippen LogP contribution in [0.15, 0.2) is 60.7 Å². The molecule has 0 unspecified atom stereocenters. The largest absolute Gasteiger partial charge is 0.478 e. The first-order valence-electron chi connectivity index (χ1n) is 12.0. The molecule has 2 aromatic carbocycles. The predicted octanol–water partition coefficient (Wildman–Crippen LogP) is 6.09. The number of rotatable bonds is 8. The standard InChI is InChI=1S/C16H22N2O2.C10H12.C2H6/c1-16(9-17-14-6-7-14)10-18(11-16)8-12-2-4-13(5-3-12)15(19)20;1-2-3-7-10-8-5-4-6-9-10;1-2/h2-5,14,17H,6-11H2,1H3,(H,19,20);3-9H,2H2,1H3;1-2H3/b;7-3-;. The van der Waals surface area contributed by atoms with Gasteiger partial charge in [-0.15, -0.1) is 0 Å². The van der Waals surface area contributed by atoms with Gasteiger partial charge in [0.05, 0.1) is 5.56 Å². The van der Waals surface area contributed by atoms with E-state index >= 15 is 0 Å². The quantitative estimate of drug-likeness (QED) is 0.525. The fourth-order valence-corrected chi connectivity index (χ4v) is 3.76. The molecule has 4 heteroatoms. The molecule has 2 fully saturated rings. The van der Waals surface area contributed by atoms with E-state index in [1.165, 1.54) is 24.0 Å². The second-order valence-electron chi connectivity index (χ2n) is 8.83. The highest BCUT2D eigenvalue weighted by Crippen LogP contribution is 2.31. The van der Waals surface area contributed by atoms with Crippen LogP contribution in [0.3, 0.4) is 0 Å².